The van der Waals surface area contributed by atoms with E-state index in [2.05, 4.69) is 26.5 Å². The Hall–Kier alpha value is -1.92. The third-order valence-electron chi connectivity index (χ3n) is 4.33. The van der Waals surface area contributed by atoms with E-state index in [0.717, 1.165) is 62.8 Å². The molecule has 3 aliphatic rings. The van der Waals surface area contributed by atoms with E-state index in [1.807, 2.05) is 12.1 Å². The molecule has 22 heavy (non-hydrogen) atoms. The topological polar surface area (TPSA) is 69.7 Å². The summed E-state index contributed by atoms with van der Waals surface area (Å²) >= 11 is 0. The Kier molecular flexibility index (Phi) is 3.56. The van der Waals surface area contributed by atoms with Crippen LogP contribution in [0.3, 0.4) is 0 Å². The zero-order chi connectivity index (χ0) is 14.9. The molecule has 116 valence electrons. The van der Waals surface area contributed by atoms with Crippen molar-refractivity contribution in [2.45, 2.75) is 19.4 Å². The summed E-state index contributed by atoms with van der Waals surface area (Å²) in [6.45, 7) is 4.44. The fourth-order valence-electron chi connectivity index (χ4n) is 2.95. The van der Waals surface area contributed by atoms with Gasteiger partial charge in [0.1, 0.15) is 0 Å². The van der Waals surface area contributed by atoms with Gasteiger partial charge in [-0.3, -0.25) is 9.69 Å². The van der Waals surface area contributed by atoms with Crippen LogP contribution in [-0.2, 0) is 16.1 Å². The fraction of sp³-hybridized carbons (Fsp3) is 0.500. The zero-order valence-electron chi connectivity index (χ0n) is 12.5. The van der Waals surface area contributed by atoms with Crippen LogP contribution in [0.25, 0.3) is 6.08 Å². The van der Waals surface area contributed by atoms with E-state index < -0.39 is 0 Å². The van der Waals surface area contributed by atoms with Gasteiger partial charge in [-0.05, 0) is 31.1 Å². The van der Waals surface area contributed by atoms with Crippen molar-refractivity contribution >= 4 is 17.7 Å². The number of nitrogens with zero attached hydrogens (tertiary/aromatic N) is 2. The van der Waals surface area contributed by atoms with Gasteiger partial charge >= 0.3 is 0 Å². The number of hydrogen-bond acceptors (Lipinski definition) is 4. The first-order valence-corrected chi connectivity index (χ1v) is 7.87. The third-order valence-corrected chi connectivity index (χ3v) is 4.33. The summed E-state index contributed by atoms with van der Waals surface area (Å²) in [5.74, 6) is 0.374. The lowest BCUT2D eigenvalue weighted by Gasteiger charge is -2.25. The average molecular weight is 300 g/mol. The highest BCUT2D eigenvalue weighted by molar-refractivity contribution is 6.28. The smallest absolute Gasteiger partial charge is 0.273 e. The monoisotopic (exact) mass is 300 g/mol. The summed E-state index contributed by atoms with van der Waals surface area (Å²) in [6.07, 6.45) is 4.19. The van der Waals surface area contributed by atoms with Gasteiger partial charge in [0.2, 0.25) is 0 Å². The minimum atomic E-state index is -0.0915. The molecule has 1 aromatic rings. The summed E-state index contributed by atoms with van der Waals surface area (Å²) in [6, 6.07) is 4.11. The van der Waals surface area contributed by atoms with Gasteiger partial charge < -0.3 is 9.72 Å². The maximum atomic E-state index is 11.9. The van der Waals surface area contributed by atoms with Crippen LogP contribution in [0.4, 0.5) is 0 Å². The van der Waals surface area contributed by atoms with Crippen molar-refractivity contribution in [1.29, 1.82) is 0 Å². The number of aromatic amines is 1. The predicted octanol–water partition coefficient (Wildman–Crippen LogP) is 1.13. The number of rotatable bonds is 4. The standard InChI is InChI=1S/C16H20N4O2/c21-16-14(15(18-19-16)11-1-2-11)9-12-3-4-13(17-12)10-20-5-7-22-8-6-20/h3-4,9,11,17H,1-2,5-8,10H2,(H,19,21)/b14-9-. The number of ether oxygens (including phenoxy) is 1. The number of carbonyl (C=O) groups excluding carboxylic acids is 1. The van der Waals surface area contributed by atoms with E-state index >= 15 is 0 Å². The molecule has 0 radical (unpaired) electrons. The van der Waals surface area contributed by atoms with Crippen molar-refractivity contribution in [2.24, 2.45) is 11.0 Å². The molecule has 0 atom stereocenters. The van der Waals surface area contributed by atoms with Crippen LogP contribution in [0.5, 0.6) is 0 Å². The molecule has 0 bridgehead atoms. The maximum Gasteiger partial charge on any atom is 0.273 e. The van der Waals surface area contributed by atoms with Crippen LogP contribution >= 0.6 is 0 Å². The van der Waals surface area contributed by atoms with E-state index in [1.54, 1.807) is 0 Å². The van der Waals surface area contributed by atoms with Crippen LogP contribution in [0.2, 0.25) is 0 Å². The largest absolute Gasteiger partial charge is 0.379 e. The van der Waals surface area contributed by atoms with E-state index in [9.17, 15) is 4.79 Å². The lowest BCUT2D eigenvalue weighted by molar-refractivity contribution is -0.116. The Morgan fingerprint density at radius 2 is 2.14 bits per heavy atom. The maximum absolute atomic E-state index is 11.9. The lowest BCUT2D eigenvalue weighted by atomic mass is 10.1. The second kappa shape index (κ2) is 5.70. The number of hydrogen-bond donors (Lipinski definition) is 2. The van der Waals surface area contributed by atoms with Gasteiger partial charge in [0.05, 0.1) is 24.5 Å². The van der Waals surface area contributed by atoms with Crippen LogP contribution in [0, 0.1) is 5.92 Å². The zero-order valence-corrected chi connectivity index (χ0v) is 12.5. The molecular weight excluding hydrogens is 280 g/mol. The molecule has 2 N–H and O–H groups in total. The quantitative estimate of drug-likeness (QED) is 0.819. The Morgan fingerprint density at radius 3 is 2.91 bits per heavy atom. The van der Waals surface area contributed by atoms with Gasteiger partial charge in [0, 0.05) is 36.9 Å². The van der Waals surface area contributed by atoms with Crippen LogP contribution in [0.15, 0.2) is 22.8 Å². The second-order valence-electron chi connectivity index (χ2n) is 6.10. The third kappa shape index (κ3) is 2.84. The van der Waals surface area contributed by atoms with Gasteiger partial charge in [-0.25, -0.2) is 5.43 Å². The molecule has 6 heteroatoms. The normalized spacial score (nSPS) is 24.6. The second-order valence-corrected chi connectivity index (χ2v) is 6.10. The van der Waals surface area contributed by atoms with E-state index in [1.165, 1.54) is 0 Å². The van der Waals surface area contributed by atoms with Gasteiger partial charge in [0.15, 0.2) is 0 Å². The van der Waals surface area contributed by atoms with Gasteiger partial charge in [-0.2, -0.15) is 5.10 Å². The molecule has 4 rings (SSSR count). The molecular formula is C16H20N4O2. The average Bonchev–Trinajstić information content (AvgIpc) is 3.18. The molecule has 1 aromatic heterocycles. The molecule has 2 aliphatic heterocycles. The van der Waals surface area contributed by atoms with E-state index in [-0.39, 0.29) is 5.91 Å². The van der Waals surface area contributed by atoms with E-state index in [0.29, 0.717) is 11.5 Å². The Bertz CT molecular complexity index is 636. The van der Waals surface area contributed by atoms with Crippen molar-refractivity contribution in [1.82, 2.24) is 15.3 Å². The van der Waals surface area contributed by atoms with Crippen molar-refractivity contribution < 1.29 is 9.53 Å². The van der Waals surface area contributed by atoms with Gasteiger partial charge in [-0.15, -0.1) is 0 Å². The van der Waals surface area contributed by atoms with Crippen LogP contribution in [-0.4, -0.2) is 47.8 Å². The van der Waals surface area contributed by atoms with Crippen LogP contribution in [0.1, 0.15) is 24.2 Å². The molecule has 0 unspecified atom stereocenters. The van der Waals surface area contributed by atoms with Crippen molar-refractivity contribution in [2.75, 3.05) is 26.3 Å². The highest BCUT2D eigenvalue weighted by Gasteiger charge is 2.35. The molecule has 1 aliphatic carbocycles. The van der Waals surface area contributed by atoms with Gasteiger partial charge in [-0.1, -0.05) is 0 Å². The molecule has 0 aromatic carbocycles. The Balaban J connectivity index is 1.47. The lowest BCUT2D eigenvalue weighted by Crippen LogP contribution is -2.35. The summed E-state index contributed by atoms with van der Waals surface area (Å²) in [7, 11) is 0. The molecule has 1 amide bonds. The predicted molar refractivity (Wildman–Crippen MR) is 83.2 cm³/mol. The Morgan fingerprint density at radius 1 is 1.32 bits per heavy atom. The first-order valence-electron chi connectivity index (χ1n) is 7.87. The number of aromatic nitrogens is 1. The summed E-state index contributed by atoms with van der Waals surface area (Å²) in [5, 5.41) is 4.17. The van der Waals surface area contributed by atoms with Gasteiger partial charge in [0.25, 0.3) is 5.91 Å². The first-order chi connectivity index (χ1) is 10.8. The number of hydrazone groups is 1. The molecule has 6 nitrogen and oxygen atoms in total. The number of amides is 1. The van der Waals surface area contributed by atoms with Crippen molar-refractivity contribution in [3.63, 3.8) is 0 Å². The highest BCUT2D eigenvalue weighted by Crippen LogP contribution is 2.35. The van der Waals surface area contributed by atoms with Crippen molar-refractivity contribution in [3.05, 3.63) is 29.1 Å². The minimum absolute atomic E-state index is 0.0915. The van der Waals surface area contributed by atoms with E-state index in [4.69, 9.17) is 4.74 Å². The molecule has 1 saturated carbocycles. The first kappa shape index (κ1) is 13.7. The summed E-state index contributed by atoms with van der Waals surface area (Å²) < 4.78 is 5.36. The SMILES string of the molecule is O=C1NN=C(C2CC2)/C1=C/c1ccc(CN2CCOCC2)[nH]1. The number of nitrogens with one attached hydrogen (secondary N) is 2. The summed E-state index contributed by atoms with van der Waals surface area (Å²) in [4.78, 5) is 17.7. The number of carbonyl (C=O) groups is 1. The summed E-state index contributed by atoms with van der Waals surface area (Å²) in [5.41, 5.74) is 6.34. The molecule has 0 spiro atoms. The highest BCUT2D eigenvalue weighted by atomic mass is 16.5. The Labute approximate surface area is 129 Å². The van der Waals surface area contributed by atoms with Crippen LogP contribution < -0.4 is 5.43 Å². The number of H-pyrrole nitrogens is 1. The molecule has 2 fully saturated rings. The minimum Gasteiger partial charge on any atom is -0.379 e. The molecule has 1 saturated heterocycles. The molecule has 3 heterocycles. The van der Waals surface area contributed by atoms with Crippen molar-refractivity contribution in [3.8, 4) is 0 Å². The fourth-order valence-corrected chi connectivity index (χ4v) is 2.95. The number of morpholine rings is 1.